The third kappa shape index (κ3) is 2.42. The summed E-state index contributed by atoms with van der Waals surface area (Å²) in [5, 5.41) is 6.83. The van der Waals surface area contributed by atoms with Gasteiger partial charge in [0.2, 0.25) is 0 Å². The van der Waals surface area contributed by atoms with Gasteiger partial charge in [0, 0.05) is 37.4 Å². The van der Waals surface area contributed by atoms with Crippen LogP contribution in [0.4, 0.5) is 0 Å². The molecular formula is C16H24N4OS. The molecule has 4 heterocycles. The van der Waals surface area contributed by atoms with Gasteiger partial charge in [-0.25, -0.2) is 4.98 Å². The highest BCUT2D eigenvalue weighted by Crippen LogP contribution is 2.47. The molecule has 1 aromatic rings. The molecule has 4 rings (SSSR count). The summed E-state index contributed by atoms with van der Waals surface area (Å²) >= 11 is 1.74. The Labute approximate surface area is 135 Å². The minimum absolute atomic E-state index is 0.503. The highest BCUT2D eigenvalue weighted by Gasteiger charge is 2.53. The van der Waals surface area contributed by atoms with Crippen LogP contribution in [-0.4, -0.2) is 48.2 Å². The number of hydrogen-bond donors (Lipinski definition) is 1. The Bertz CT molecular complexity index is 554. The Hall–Kier alpha value is -1.14. The SMILES string of the molecule is CCc1nc(CNC(=NC)N2CC3C4CCC(O4)C3C2)cs1. The second-order valence-corrected chi connectivity index (χ2v) is 7.45. The topological polar surface area (TPSA) is 49.8 Å². The maximum absolute atomic E-state index is 6.05. The number of nitrogens with zero attached hydrogens (tertiary/aromatic N) is 3. The van der Waals surface area contributed by atoms with Crippen molar-refractivity contribution in [3.63, 3.8) is 0 Å². The van der Waals surface area contributed by atoms with Crippen LogP contribution in [0, 0.1) is 11.8 Å². The Morgan fingerprint density at radius 3 is 2.73 bits per heavy atom. The van der Waals surface area contributed by atoms with Crippen LogP contribution in [-0.2, 0) is 17.7 Å². The van der Waals surface area contributed by atoms with Crippen LogP contribution >= 0.6 is 11.3 Å². The number of fused-ring (bicyclic) bond motifs is 5. The first kappa shape index (κ1) is 14.5. The number of guanidine groups is 1. The number of aromatic nitrogens is 1. The van der Waals surface area contributed by atoms with Crippen LogP contribution in [0.15, 0.2) is 10.4 Å². The van der Waals surface area contributed by atoms with E-state index in [0.29, 0.717) is 24.0 Å². The number of nitrogens with one attached hydrogen (secondary N) is 1. The third-order valence-corrected chi connectivity index (χ3v) is 6.34. The molecule has 5 nitrogen and oxygen atoms in total. The summed E-state index contributed by atoms with van der Waals surface area (Å²) in [4.78, 5) is 11.5. The smallest absolute Gasteiger partial charge is 0.193 e. The standard InChI is InChI=1S/C16H24N4OS/c1-3-15-19-10(9-22-15)6-18-16(17-2)20-7-11-12(8-20)14-5-4-13(11)21-14/h9,11-14H,3-8H2,1-2H3,(H,17,18). The van der Waals surface area contributed by atoms with Crippen LogP contribution in [0.2, 0.25) is 0 Å². The van der Waals surface area contributed by atoms with Crippen molar-refractivity contribution < 1.29 is 4.74 Å². The van der Waals surface area contributed by atoms with Gasteiger partial charge in [-0.3, -0.25) is 4.99 Å². The summed E-state index contributed by atoms with van der Waals surface area (Å²) in [7, 11) is 1.88. The molecule has 22 heavy (non-hydrogen) atoms. The number of likely N-dealkylation sites (tertiary alicyclic amines) is 1. The second-order valence-electron chi connectivity index (χ2n) is 6.51. The number of hydrogen-bond acceptors (Lipinski definition) is 4. The van der Waals surface area contributed by atoms with Gasteiger partial charge in [-0.15, -0.1) is 11.3 Å². The van der Waals surface area contributed by atoms with E-state index in [1.165, 1.54) is 17.8 Å². The molecule has 6 heteroatoms. The van der Waals surface area contributed by atoms with E-state index in [-0.39, 0.29) is 0 Å². The van der Waals surface area contributed by atoms with Crippen molar-refractivity contribution in [3.05, 3.63) is 16.1 Å². The van der Waals surface area contributed by atoms with Gasteiger partial charge in [0.1, 0.15) is 0 Å². The first-order valence-corrected chi connectivity index (χ1v) is 9.20. The summed E-state index contributed by atoms with van der Waals surface area (Å²) in [6, 6.07) is 0. The summed E-state index contributed by atoms with van der Waals surface area (Å²) in [5.41, 5.74) is 1.12. The fraction of sp³-hybridized carbons (Fsp3) is 0.750. The predicted molar refractivity (Wildman–Crippen MR) is 88.1 cm³/mol. The van der Waals surface area contributed by atoms with Crippen molar-refractivity contribution in [1.82, 2.24) is 15.2 Å². The van der Waals surface area contributed by atoms with E-state index in [9.17, 15) is 0 Å². The quantitative estimate of drug-likeness (QED) is 0.682. The van der Waals surface area contributed by atoms with Gasteiger partial charge in [0.05, 0.1) is 29.5 Å². The van der Waals surface area contributed by atoms with Crippen molar-refractivity contribution in [2.75, 3.05) is 20.1 Å². The van der Waals surface area contributed by atoms with Crippen LogP contribution in [0.25, 0.3) is 0 Å². The predicted octanol–water partition coefficient (Wildman–Crippen LogP) is 1.89. The van der Waals surface area contributed by atoms with Gasteiger partial charge in [0.25, 0.3) is 0 Å². The van der Waals surface area contributed by atoms with Crippen LogP contribution in [0.3, 0.4) is 0 Å². The highest BCUT2D eigenvalue weighted by atomic mass is 32.1. The van der Waals surface area contributed by atoms with Crippen LogP contribution in [0.1, 0.15) is 30.5 Å². The molecule has 3 aliphatic heterocycles. The van der Waals surface area contributed by atoms with Gasteiger partial charge in [-0.1, -0.05) is 6.92 Å². The molecule has 3 aliphatic rings. The van der Waals surface area contributed by atoms with Gasteiger partial charge in [-0.2, -0.15) is 0 Å². The maximum Gasteiger partial charge on any atom is 0.193 e. The summed E-state index contributed by atoms with van der Waals surface area (Å²) in [5.74, 6) is 2.44. The van der Waals surface area contributed by atoms with Gasteiger partial charge < -0.3 is 15.0 Å². The monoisotopic (exact) mass is 320 g/mol. The van der Waals surface area contributed by atoms with E-state index in [1.54, 1.807) is 11.3 Å². The summed E-state index contributed by atoms with van der Waals surface area (Å²) in [6.07, 6.45) is 4.53. The molecule has 0 aromatic carbocycles. The van der Waals surface area contributed by atoms with E-state index in [4.69, 9.17) is 4.74 Å². The largest absolute Gasteiger partial charge is 0.374 e. The highest BCUT2D eigenvalue weighted by molar-refractivity contribution is 7.09. The fourth-order valence-corrected chi connectivity index (χ4v) is 4.97. The Morgan fingerprint density at radius 1 is 1.41 bits per heavy atom. The number of aryl methyl sites for hydroxylation is 1. The van der Waals surface area contributed by atoms with Crippen molar-refractivity contribution >= 4 is 17.3 Å². The van der Waals surface area contributed by atoms with E-state index < -0.39 is 0 Å². The van der Waals surface area contributed by atoms with Crippen molar-refractivity contribution in [1.29, 1.82) is 0 Å². The molecule has 0 saturated carbocycles. The van der Waals surface area contributed by atoms with E-state index >= 15 is 0 Å². The average molecular weight is 320 g/mol. The lowest BCUT2D eigenvalue weighted by Crippen LogP contribution is -2.41. The number of aliphatic imine (C=N–C) groups is 1. The Balaban J connectivity index is 1.37. The molecule has 4 unspecified atom stereocenters. The zero-order valence-electron chi connectivity index (χ0n) is 13.3. The second kappa shape index (κ2) is 5.81. The molecular weight excluding hydrogens is 296 g/mol. The lowest BCUT2D eigenvalue weighted by molar-refractivity contribution is 0.0767. The molecule has 1 aromatic heterocycles. The molecule has 0 aliphatic carbocycles. The third-order valence-electron chi connectivity index (χ3n) is 5.29. The summed E-state index contributed by atoms with van der Waals surface area (Å²) in [6.45, 7) is 5.08. The number of thiazole rings is 1. The lowest BCUT2D eigenvalue weighted by Gasteiger charge is -2.23. The first-order chi connectivity index (χ1) is 10.8. The molecule has 0 amide bonds. The minimum Gasteiger partial charge on any atom is -0.374 e. The first-order valence-electron chi connectivity index (χ1n) is 8.32. The molecule has 3 fully saturated rings. The number of rotatable bonds is 3. The van der Waals surface area contributed by atoms with Crippen LogP contribution in [0.5, 0.6) is 0 Å². The molecule has 4 atom stereocenters. The summed E-state index contributed by atoms with van der Waals surface area (Å²) < 4.78 is 6.05. The zero-order chi connectivity index (χ0) is 15.1. The van der Waals surface area contributed by atoms with Crippen molar-refractivity contribution in [3.8, 4) is 0 Å². The lowest BCUT2D eigenvalue weighted by atomic mass is 9.82. The van der Waals surface area contributed by atoms with Crippen molar-refractivity contribution in [2.45, 2.75) is 44.9 Å². The normalized spacial score (nSPS) is 33.5. The van der Waals surface area contributed by atoms with Gasteiger partial charge in [-0.05, 0) is 19.3 Å². The van der Waals surface area contributed by atoms with E-state index in [2.05, 4.69) is 32.5 Å². The van der Waals surface area contributed by atoms with E-state index in [1.807, 2.05) is 7.05 Å². The Morgan fingerprint density at radius 2 is 2.14 bits per heavy atom. The van der Waals surface area contributed by atoms with Crippen molar-refractivity contribution in [2.24, 2.45) is 16.8 Å². The maximum atomic E-state index is 6.05. The molecule has 120 valence electrons. The molecule has 2 bridgehead atoms. The molecule has 0 spiro atoms. The Kier molecular flexibility index (Phi) is 3.82. The minimum atomic E-state index is 0.503. The molecule has 1 N–H and O–H groups in total. The zero-order valence-corrected chi connectivity index (χ0v) is 14.1. The number of ether oxygens (including phenoxy) is 1. The molecule has 0 radical (unpaired) electrons. The van der Waals surface area contributed by atoms with E-state index in [0.717, 1.165) is 37.7 Å². The van der Waals surface area contributed by atoms with Crippen LogP contribution < -0.4 is 5.32 Å². The van der Waals surface area contributed by atoms with Gasteiger partial charge >= 0.3 is 0 Å². The average Bonchev–Trinajstić information content (AvgIpc) is 3.29. The van der Waals surface area contributed by atoms with Gasteiger partial charge in [0.15, 0.2) is 5.96 Å². The molecule has 3 saturated heterocycles. The fourth-order valence-electron chi connectivity index (χ4n) is 4.23.